The predicted molar refractivity (Wildman–Crippen MR) is 93.0 cm³/mol. The summed E-state index contributed by atoms with van der Waals surface area (Å²) in [5, 5.41) is 22.8. The van der Waals surface area contributed by atoms with Gasteiger partial charge in [-0.05, 0) is 29.0 Å². The second kappa shape index (κ2) is 6.25. The highest BCUT2D eigenvalue weighted by atomic mass is 16.4. The van der Waals surface area contributed by atoms with Crippen LogP contribution in [0.25, 0.3) is 22.6 Å². The molecule has 2 aliphatic rings. The van der Waals surface area contributed by atoms with Gasteiger partial charge in [0, 0.05) is 5.56 Å². The third-order valence-corrected chi connectivity index (χ3v) is 4.14. The summed E-state index contributed by atoms with van der Waals surface area (Å²) in [6.07, 6.45) is 0. The molecule has 1 aliphatic carbocycles. The molecule has 0 fully saturated rings. The molecule has 0 radical (unpaired) electrons. The van der Waals surface area contributed by atoms with Crippen molar-refractivity contribution >= 4 is 5.97 Å². The molecule has 2 heterocycles. The van der Waals surface area contributed by atoms with Gasteiger partial charge in [0.1, 0.15) is 0 Å². The lowest BCUT2D eigenvalue weighted by molar-refractivity contribution is 0.0697. The fourth-order valence-corrected chi connectivity index (χ4v) is 2.92. The number of rotatable bonds is 4. The SMILES string of the molecule is O=C(O)c1ccc(Cn2c3cccccc-3c(-c3nn[nH]n3)c2=O)cc1. The van der Waals surface area contributed by atoms with Gasteiger partial charge in [-0.3, -0.25) is 4.79 Å². The Morgan fingerprint density at radius 2 is 1.85 bits per heavy atom. The Hall–Kier alpha value is -3.81. The van der Waals surface area contributed by atoms with E-state index in [4.69, 9.17) is 5.11 Å². The number of nitrogens with one attached hydrogen (secondary N) is 1. The normalized spacial score (nSPS) is 10.9. The van der Waals surface area contributed by atoms with Crippen LogP contribution in [0.2, 0.25) is 0 Å². The zero-order valence-electron chi connectivity index (χ0n) is 13.5. The first-order chi connectivity index (χ1) is 12.6. The van der Waals surface area contributed by atoms with Crippen LogP contribution in [0.4, 0.5) is 0 Å². The highest BCUT2D eigenvalue weighted by molar-refractivity contribution is 5.87. The van der Waals surface area contributed by atoms with E-state index in [1.165, 1.54) is 12.1 Å². The molecule has 26 heavy (non-hydrogen) atoms. The second-order valence-electron chi connectivity index (χ2n) is 5.71. The fourth-order valence-electron chi connectivity index (χ4n) is 2.92. The Morgan fingerprint density at radius 3 is 2.54 bits per heavy atom. The van der Waals surface area contributed by atoms with E-state index in [9.17, 15) is 9.59 Å². The number of aromatic nitrogens is 5. The lowest BCUT2D eigenvalue weighted by Crippen LogP contribution is -2.17. The van der Waals surface area contributed by atoms with Crippen LogP contribution >= 0.6 is 0 Å². The number of carbonyl (C=O) groups is 1. The molecule has 0 saturated carbocycles. The van der Waals surface area contributed by atoms with Gasteiger partial charge in [-0.2, -0.15) is 5.21 Å². The molecule has 0 atom stereocenters. The Kier molecular flexibility index (Phi) is 3.77. The van der Waals surface area contributed by atoms with E-state index in [-0.39, 0.29) is 16.9 Å². The van der Waals surface area contributed by atoms with E-state index in [1.807, 2.05) is 30.3 Å². The van der Waals surface area contributed by atoms with E-state index in [2.05, 4.69) is 20.6 Å². The molecule has 1 aromatic heterocycles. The van der Waals surface area contributed by atoms with Crippen molar-refractivity contribution in [1.29, 1.82) is 0 Å². The van der Waals surface area contributed by atoms with E-state index in [0.29, 0.717) is 12.1 Å². The number of H-pyrrole nitrogens is 1. The molecular weight excluding hydrogens is 334 g/mol. The number of aromatic carboxylic acids is 1. The second-order valence-corrected chi connectivity index (χ2v) is 5.71. The molecule has 4 rings (SSSR count). The quantitative estimate of drug-likeness (QED) is 0.583. The van der Waals surface area contributed by atoms with Crippen molar-refractivity contribution in [1.82, 2.24) is 25.2 Å². The van der Waals surface area contributed by atoms with Crippen LogP contribution in [0.3, 0.4) is 0 Å². The predicted octanol–water partition coefficient (Wildman–Crippen LogP) is 1.88. The van der Waals surface area contributed by atoms with Crippen LogP contribution in [0.5, 0.6) is 0 Å². The molecule has 0 spiro atoms. The third-order valence-electron chi connectivity index (χ3n) is 4.14. The standard InChI is InChI=1S/C18H13N5O3/c24-17-15(16-19-21-22-20-16)13-4-2-1-3-5-14(13)23(17)10-11-6-8-12(9-7-11)18(25)26/h1-9H,10H2,(H,25,26)(H,19,20,21,22). The first kappa shape index (κ1) is 15.7. The maximum Gasteiger partial charge on any atom is 0.335 e. The number of aromatic amines is 1. The number of hydrogen-bond donors (Lipinski definition) is 2. The number of carboxylic acids is 1. The van der Waals surface area contributed by atoms with Gasteiger partial charge in [0.2, 0.25) is 5.82 Å². The maximum absolute atomic E-state index is 13.0. The van der Waals surface area contributed by atoms with Crippen molar-refractivity contribution in [2.45, 2.75) is 6.54 Å². The lowest BCUT2D eigenvalue weighted by atomic mass is 10.1. The van der Waals surface area contributed by atoms with Gasteiger partial charge in [-0.1, -0.05) is 36.4 Å². The minimum atomic E-state index is -0.987. The number of nitrogens with zero attached hydrogens (tertiary/aromatic N) is 4. The Morgan fingerprint density at radius 1 is 1.08 bits per heavy atom. The average Bonchev–Trinajstić information content (AvgIpc) is 3.16. The van der Waals surface area contributed by atoms with E-state index in [0.717, 1.165) is 16.8 Å². The Balaban J connectivity index is 1.84. The highest BCUT2D eigenvalue weighted by Gasteiger charge is 2.23. The van der Waals surface area contributed by atoms with E-state index in [1.54, 1.807) is 16.7 Å². The monoisotopic (exact) mass is 347 g/mol. The summed E-state index contributed by atoms with van der Waals surface area (Å²) < 4.78 is 1.62. The average molecular weight is 347 g/mol. The molecule has 1 aromatic carbocycles. The van der Waals surface area contributed by atoms with Gasteiger partial charge in [-0.25, -0.2) is 4.79 Å². The molecule has 128 valence electrons. The van der Waals surface area contributed by atoms with Crippen molar-refractivity contribution in [2.75, 3.05) is 0 Å². The van der Waals surface area contributed by atoms with Crippen molar-refractivity contribution < 1.29 is 9.90 Å². The minimum Gasteiger partial charge on any atom is -0.478 e. The van der Waals surface area contributed by atoms with Crippen LogP contribution in [0.1, 0.15) is 15.9 Å². The summed E-state index contributed by atoms with van der Waals surface area (Å²) in [5.41, 5.74) is 2.63. The number of carboxylic acid groups (broad SMARTS) is 1. The number of benzene rings is 1. The molecule has 0 amide bonds. The summed E-state index contributed by atoms with van der Waals surface area (Å²) in [6, 6.07) is 15.7. The summed E-state index contributed by atoms with van der Waals surface area (Å²) in [5.74, 6) is -0.745. The first-order valence-corrected chi connectivity index (χ1v) is 7.83. The zero-order chi connectivity index (χ0) is 18.1. The van der Waals surface area contributed by atoms with Gasteiger partial charge in [0.15, 0.2) is 0 Å². The summed E-state index contributed by atoms with van der Waals surface area (Å²) in [4.78, 5) is 24.0. The maximum atomic E-state index is 13.0. The minimum absolute atomic E-state index is 0.201. The first-order valence-electron chi connectivity index (χ1n) is 7.83. The summed E-state index contributed by atoms with van der Waals surface area (Å²) >= 11 is 0. The smallest absolute Gasteiger partial charge is 0.335 e. The van der Waals surface area contributed by atoms with E-state index < -0.39 is 5.97 Å². The third kappa shape index (κ3) is 2.63. The molecule has 8 heteroatoms. The molecular formula is C18H13N5O3. The van der Waals surface area contributed by atoms with Gasteiger partial charge >= 0.3 is 5.97 Å². The van der Waals surface area contributed by atoms with Crippen LogP contribution in [0.15, 0.2) is 59.4 Å². The molecule has 2 aromatic rings. The molecule has 0 unspecified atom stereocenters. The van der Waals surface area contributed by atoms with Crippen LogP contribution in [-0.2, 0) is 6.54 Å². The fraction of sp³-hybridized carbons (Fsp3) is 0.0556. The van der Waals surface area contributed by atoms with Gasteiger partial charge < -0.3 is 9.67 Å². The molecule has 8 nitrogen and oxygen atoms in total. The zero-order valence-corrected chi connectivity index (χ0v) is 13.5. The topological polar surface area (TPSA) is 114 Å². The summed E-state index contributed by atoms with van der Waals surface area (Å²) in [7, 11) is 0. The van der Waals surface area contributed by atoms with Crippen molar-refractivity contribution in [2.24, 2.45) is 0 Å². The number of hydrogen-bond acceptors (Lipinski definition) is 5. The van der Waals surface area contributed by atoms with Gasteiger partial charge in [0.25, 0.3) is 5.56 Å². The van der Waals surface area contributed by atoms with Gasteiger partial charge in [-0.15, -0.1) is 10.2 Å². The highest BCUT2D eigenvalue weighted by Crippen LogP contribution is 2.29. The van der Waals surface area contributed by atoms with Crippen molar-refractivity contribution in [3.05, 3.63) is 76.1 Å². The Bertz CT molecular complexity index is 1100. The van der Waals surface area contributed by atoms with E-state index >= 15 is 0 Å². The molecule has 0 bridgehead atoms. The van der Waals surface area contributed by atoms with Crippen LogP contribution in [0, 0.1) is 0 Å². The van der Waals surface area contributed by atoms with Crippen molar-refractivity contribution in [3.8, 4) is 22.6 Å². The molecule has 2 N–H and O–H groups in total. The molecule has 1 aliphatic heterocycles. The number of tetrazole rings is 1. The largest absolute Gasteiger partial charge is 0.478 e. The Labute approximate surface area is 147 Å². The van der Waals surface area contributed by atoms with Crippen LogP contribution in [-0.4, -0.2) is 36.3 Å². The lowest BCUT2D eigenvalue weighted by Gasteiger charge is -2.06. The molecule has 0 saturated heterocycles. The summed E-state index contributed by atoms with van der Waals surface area (Å²) in [6.45, 7) is 0.303. The number of fused-ring (bicyclic) bond motifs is 1. The van der Waals surface area contributed by atoms with Crippen LogP contribution < -0.4 is 5.56 Å². The van der Waals surface area contributed by atoms with Gasteiger partial charge in [0.05, 0.1) is 23.4 Å². The van der Waals surface area contributed by atoms with Crippen molar-refractivity contribution in [3.63, 3.8) is 0 Å².